The van der Waals surface area contributed by atoms with Gasteiger partial charge in [-0.25, -0.2) is 0 Å². The zero-order chi connectivity index (χ0) is 17.2. The highest BCUT2D eigenvalue weighted by Crippen LogP contribution is 2.27. The molecule has 4 nitrogen and oxygen atoms in total. The lowest BCUT2D eigenvalue weighted by molar-refractivity contribution is 0.373. The number of aryl methyl sites for hydroxylation is 1. The predicted molar refractivity (Wildman–Crippen MR) is 97.3 cm³/mol. The first-order chi connectivity index (χ1) is 11.7. The third-order valence-corrected chi connectivity index (χ3v) is 3.91. The number of aromatic hydroxyl groups is 1. The van der Waals surface area contributed by atoms with Crippen LogP contribution in [-0.2, 0) is 6.42 Å². The molecule has 4 heteroatoms. The topological polar surface area (TPSA) is 58.9 Å². The molecule has 0 aliphatic rings. The zero-order valence-electron chi connectivity index (χ0n) is 13.9. The second-order valence-electron chi connectivity index (χ2n) is 5.69. The summed E-state index contributed by atoms with van der Waals surface area (Å²) in [5, 5.41) is 12.8. The van der Waals surface area contributed by atoms with E-state index in [9.17, 15) is 10.0 Å². The van der Waals surface area contributed by atoms with E-state index >= 15 is 0 Å². The van der Waals surface area contributed by atoms with Crippen molar-refractivity contribution in [2.45, 2.75) is 31.7 Å². The Labute approximate surface area is 142 Å². The zero-order valence-corrected chi connectivity index (χ0v) is 13.9. The van der Waals surface area contributed by atoms with Gasteiger partial charge in [0, 0.05) is 0 Å². The molecule has 2 rings (SSSR count). The highest BCUT2D eigenvalue weighted by Gasteiger charge is 2.05. The molecule has 126 valence electrons. The normalized spacial score (nSPS) is 12.2. The number of unbranched alkanes of at least 4 members (excludes halogenated alkanes) is 1. The van der Waals surface area contributed by atoms with Gasteiger partial charge in [-0.2, -0.15) is 4.91 Å². The molecule has 0 aliphatic heterocycles. The van der Waals surface area contributed by atoms with Crippen LogP contribution in [0.5, 0.6) is 11.5 Å². The summed E-state index contributed by atoms with van der Waals surface area (Å²) in [7, 11) is 1.51. The molecule has 0 fully saturated rings. The second-order valence-corrected chi connectivity index (χ2v) is 5.69. The van der Waals surface area contributed by atoms with E-state index in [1.54, 1.807) is 24.3 Å². The van der Waals surface area contributed by atoms with Crippen LogP contribution in [0.2, 0.25) is 0 Å². The number of hydrogen-bond acceptors (Lipinski definition) is 4. The van der Waals surface area contributed by atoms with Crippen LogP contribution < -0.4 is 4.74 Å². The van der Waals surface area contributed by atoms with Gasteiger partial charge >= 0.3 is 0 Å². The molecule has 0 aliphatic carbocycles. The van der Waals surface area contributed by atoms with E-state index in [-0.39, 0.29) is 11.8 Å². The summed E-state index contributed by atoms with van der Waals surface area (Å²) < 4.78 is 5.07. The molecule has 1 atom stereocenters. The maximum Gasteiger partial charge on any atom is 0.161 e. The highest BCUT2D eigenvalue weighted by atomic mass is 16.5. The first-order valence-electron chi connectivity index (χ1n) is 8.14. The number of ether oxygens (including phenoxy) is 1. The molecular weight excluding hydrogens is 302 g/mol. The van der Waals surface area contributed by atoms with Gasteiger partial charge in [0.1, 0.15) is 6.04 Å². The summed E-state index contributed by atoms with van der Waals surface area (Å²) in [5.41, 5.74) is 2.18. The minimum Gasteiger partial charge on any atom is -0.504 e. The Morgan fingerprint density at radius 2 is 1.96 bits per heavy atom. The van der Waals surface area contributed by atoms with Crippen molar-refractivity contribution in [1.82, 2.24) is 0 Å². The third kappa shape index (κ3) is 5.54. The largest absolute Gasteiger partial charge is 0.504 e. The smallest absolute Gasteiger partial charge is 0.161 e. The van der Waals surface area contributed by atoms with Crippen molar-refractivity contribution in [3.05, 3.63) is 70.6 Å². The predicted octanol–water partition coefficient (Wildman–Crippen LogP) is 4.96. The first kappa shape index (κ1) is 17.7. The summed E-state index contributed by atoms with van der Waals surface area (Å²) >= 11 is 0. The lowest BCUT2D eigenvalue weighted by Crippen LogP contribution is -1.99. The maximum absolute atomic E-state index is 11.0. The van der Waals surface area contributed by atoms with E-state index in [0.717, 1.165) is 31.2 Å². The summed E-state index contributed by atoms with van der Waals surface area (Å²) in [5.74, 6) is 0.510. The van der Waals surface area contributed by atoms with E-state index in [1.165, 1.54) is 12.7 Å². The molecule has 0 saturated heterocycles. The summed E-state index contributed by atoms with van der Waals surface area (Å²) in [6.45, 7) is 0. The molecule has 0 saturated carbocycles. The number of nitrogens with zero attached hydrogens (tertiary/aromatic N) is 1. The highest BCUT2D eigenvalue weighted by molar-refractivity contribution is 5.55. The third-order valence-electron chi connectivity index (χ3n) is 3.91. The summed E-state index contributed by atoms with van der Waals surface area (Å²) in [6.07, 6.45) is 7.39. The average molecular weight is 325 g/mol. The van der Waals surface area contributed by atoms with Crippen LogP contribution in [0.1, 0.15) is 30.4 Å². The van der Waals surface area contributed by atoms with Gasteiger partial charge in [0.25, 0.3) is 0 Å². The van der Waals surface area contributed by atoms with Crippen molar-refractivity contribution in [3.63, 3.8) is 0 Å². The summed E-state index contributed by atoms with van der Waals surface area (Å²) in [6, 6.07) is 15.1. The number of rotatable bonds is 9. The van der Waals surface area contributed by atoms with Crippen LogP contribution in [0, 0.1) is 4.91 Å². The van der Waals surface area contributed by atoms with Crippen LogP contribution >= 0.6 is 0 Å². The van der Waals surface area contributed by atoms with Crippen LogP contribution in [0.25, 0.3) is 6.08 Å². The van der Waals surface area contributed by atoms with E-state index in [2.05, 4.69) is 17.3 Å². The standard InChI is InChI=1S/C20H23NO3/c1-24-20-15-17(12-14-19(20)22)11-13-18(21-23)10-6-5-9-16-7-3-2-4-8-16/h2-4,7-8,11-15,18,22H,5-6,9-10H2,1H3. The number of phenols is 1. The first-order valence-corrected chi connectivity index (χ1v) is 8.14. The Hall–Kier alpha value is -2.62. The monoisotopic (exact) mass is 325 g/mol. The SMILES string of the molecule is COc1cc(C=CC(CCCCc2ccccc2)N=O)ccc1O. The lowest BCUT2D eigenvalue weighted by Gasteiger charge is -2.06. The number of phenolic OH excluding ortho intramolecular Hbond substituents is 1. The van der Waals surface area contributed by atoms with Gasteiger partial charge in [-0.1, -0.05) is 60.1 Å². The van der Waals surface area contributed by atoms with E-state index in [4.69, 9.17) is 4.74 Å². The molecule has 1 N–H and O–H groups in total. The Morgan fingerprint density at radius 1 is 1.17 bits per heavy atom. The Kier molecular flexibility index (Phi) is 7.02. The van der Waals surface area contributed by atoms with E-state index in [0.29, 0.717) is 5.75 Å². The molecule has 0 aromatic heterocycles. The second kappa shape index (κ2) is 9.50. The fraction of sp³-hybridized carbons (Fsp3) is 0.300. The van der Waals surface area contributed by atoms with Gasteiger partial charge < -0.3 is 9.84 Å². The van der Waals surface area contributed by atoms with E-state index < -0.39 is 0 Å². The number of nitroso groups, excluding NO2 is 1. The van der Waals surface area contributed by atoms with Crippen molar-refractivity contribution < 1.29 is 9.84 Å². The van der Waals surface area contributed by atoms with Gasteiger partial charge in [0.05, 0.1) is 7.11 Å². The van der Waals surface area contributed by atoms with E-state index in [1.807, 2.05) is 24.3 Å². The Bertz CT molecular complexity index is 668. The van der Waals surface area contributed by atoms with Crippen LogP contribution in [0.3, 0.4) is 0 Å². The molecule has 0 spiro atoms. The molecule has 2 aromatic carbocycles. The molecule has 0 amide bonds. The number of methoxy groups -OCH3 is 1. The van der Waals surface area contributed by atoms with Gasteiger partial charge in [0.15, 0.2) is 11.5 Å². The molecule has 0 heterocycles. The van der Waals surface area contributed by atoms with Crippen LogP contribution in [0.15, 0.2) is 59.8 Å². The molecule has 24 heavy (non-hydrogen) atoms. The van der Waals surface area contributed by atoms with Crippen molar-refractivity contribution in [3.8, 4) is 11.5 Å². The quantitative estimate of drug-likeness (QED) is 0.523. The van der Waals surface area contributed by atoms with Gasteiger partial charge in [-0.15, -0.1) is 0 Å². The fourth-order valence-electron chi connectivity index (χ4n) is 2.53. The van der Waals surface area contributed by atoms with Crippen molar-refractivity contribution >= 4 is 6.08 Å². The molecule has 0 radical (unpaired) electrons. The maximum atomic E-state index is 11.0. The van der Waals surface area contributed by atoms with Crippen molar-refractivity contribution in [2.75, 3.05) is 7.11 Å². The lowest BCUT2D eigenvalue weighted by atomic mass is 10.0. The number of benzene rings is 2. The van der Waals surface area contributed by atoms with Crippen LogP contribution in [0.4, 0.5) is 0 Å². The summed E-state index contributed by atoms with van der Waals surface area (Å²) in [4.78, 5) is 11.0. The van der Waals surface area contributed by atoms with Gasteiger partial charge in [-0.05, 0) is 42.5 Å². The average Bonchev–Trinajstić information content (AvgIpc) is 2.63. The molecule has 1 unspecified atom stereocenters. The fourth-order valence-corrected chi connectivity index (χ4v) is 2.53. The minimum absolute atomic E-state index is 0.0978. The van der Waals surface area contributed by atoms with Crippen molar-refractivity contribution in [1.29, 1.82) is 0 Å². The Morgan fingerprint density at radius 3 is 2.67 bits per heavy atom. The minimum atomic E-state index is -0.333. The molecule has 2 aromatic rings. The number of hydrogen-bond donors (Lipinski definition) is 1. The van der Waals surface area contributed by atoms with Gasteiger partial charge in [-0.3, -0.25) is 0 Å². The van der Waals surface area contributed by atoms with Crippen molar-refractivity contribution in [2.24, 2.45) is 5.18 Å². The molecule has 0 bridgehead atoms. The van der Waals surface area contributed by atoms with Crippen LogP contribution in [-0.4, -0.2) is 18.3 Å². The Balaban J connectivity index is 1.82. The molecular formula is C20H23NO3. The van der Waals surface area contributed by atoms with Gasteiger partial charge in [0.2, 0.25) is 0 Å².